The Morgan fingerprint density at radius 1 is 1.06 bits per heavy atom. The highest BCUT2D eigenvalue weighted by molar-refractivity contribution is 5.25. The van der Waals surface area contributed by atoms with Crippen molar-refractivity contribution in [1.82, 2.24) is 9.80 Å². The molecule has 0 aromatic carbocycles. The van der Waals surface area contributed by atoms with Crippen molar-refractivity contribution in [3.63, 3.8) is 0 Å². The van der Waals surface area contributed by atoms with Crippen LogP contribution >= 0.6 is 0 Å². The SMILES string of the molecule is CC(C)C1=CC=C(CN2CCN(C)CC2)CC1. The minimum Gasteiger partial charge on any atom is -0.304 e. The second-order valence-electron chi connectivity index (χ2n) is 5.80. The quantitative estimate of drug-likeness (QED) is 0.740. The molecule has 17 heavy (non-hydrogen) atoms. The molecule has 0 saturated carbocycles. The summed E-state index contributed by atoms with van der Waals surface area (Å²) in [6.45, 7) is 10.7. The lowest BCUT2D eigenvalue weighted by Gasteiger charge is -2.33. The molecule has 0 N–H and O–H groups in total. The first-order valence-electron chi connectivity index (χ1n) is 6.94. The molecule has 0 aromatic heterocycles. The lowest BCUT2D eigenvalue weighted by Crippen LogP contribution is -2.45. The molecule has 0 atom stereocenters. The van der Waals surface area contributed by atoms with E-state index in [0.29, 0.717) is 0 Å². The molecular weight excluding hydrogens is 208 g/mol. The summed E-state index contributed by atoms with van der Waals surface area (Å²) >= 11 is 0. The van der Waals surface area contributed by atoms with Crippen LogP contribution in [0.15, 0.2) is 23.3 Å². The maximum absolute atomic E-state index is 2.60. The van der Waals surface area contributed by atoms with Crippen molar-refractivity contribution in [2.24, 2.45) is 5.92 Å². The van der Waals surface area contributed by atoms with Gasteiger partial charge in [0.2, 0.25) is 0 Å². The minimum atomic E-state index is 0.719. The van der Waals surface area contributed by atoms with Crippen LogP contribution in [0, 0.1) is 5.92 Å². The van der Waals surface area contributed by atoms with Crippen molar-refractivity contribution in [1.29, 1.82) is 0 Å². The van der Waals surface area contributed by atoms with Gasteiger partial charge in [-0.05, 0) is 25.8 Å². The molecule has 1 saturated heterocycles. The lowest BCUT2D eigenvalue weighted by atomic mass is 9.91. The van der Waals surface area contributed by atoms with Gasteiger partial charge in [-0.1, -0.05) is 37.1 Å². The van der Waals surface area contributed by atoms with E-state index in [2.05, 4.69) is 42.8 Å². The fourth-order valence-electron chi connectivity index (χ4n) is 2.60. The van der Waals surface area contributed by atoms with Crippen LogP contribution in [-0.2, 0) is 0 Å². The summed E-state index contributed by atoms with van der Waals surface area (Å²) in [5.41, 5.74) is 3.24. The van der Waals surface area contributed by atoms with E-state index in [0.717, 1.165) is 5.92 Å². The molecule has 2 aliphatic rings. The molecule has 2 nitrogen and oxygen atoms in total. The predicted molar refractivity (Wildman–Crippen MR) is 74.2 cm³/mol. The second-order valence-corrected chi connectivity index (χ2v) is 5.80. The molecule has 2 rings (SSSR count). The van der Waals surface area contributed by atoms with Crippen LogP contribution in [-0.4, -0.2) is 49.6 Å². The zero-order chi connectivity index (χ0) is 12.3. The number of rotatable bonds is 3. The molecule has 0 spiro atoms. The Balaban J connectivity index is 1.84. The third-order valence-electron chi connectivity index (χ3n) is 4.03. The molecule has 2 heteroatoms. The van der Waals surface area contributed by atoms with Crippen molar-refractivity contribution in [3.8, 4) is 0 Å². The van der Waals surface area contributed by atoms with E-state index >= 15 is 0 Å². The van der Waals surface area contributed by atoms with E-state index in [1.807, 2.05) is 0 Å². The van der Waals surface area contributed by atoms with E-state index < -0.39 is 0 Å². The molecule has 0 radical (unpaired) electrons. The van der Waals surface area contributed by atoms with Crippen molar-refractivity contribution >= 4 is 0 Å². The van der Waals surface area contributed by atoms with Gasteiger partial charge in [0.25, 0.3) is 0 Å². The number of likely N-dealkylation sites (N-methyl/N-ethyl adjacent to an activating group) is 1. The molecule has 0 aromatic rings. The molecule has 1 heterocycles. The summed E-state index contributed by atoms with van der Waals surface area (Å²) < 4.78 is 0. The summed E-state index contributed by atoms with van der Waals surface area (Å²) in [6, 6.07) is 0. The van der Waals surface area contributed by atoms with Crippen LogP contribution in [0.4, 0.5) is 0 Å². The van der Waals surface area contributed by atoms with Crippen LogP contribution < -0.4 is 0 Å². The summed E-state index contributed by atoms with van der Waals surface area (Å²) in [6.07, 6.45) is 7.28. The second kappa shape index (κ2) is 5.83. The summed E-state index contributed by atoms with van der Waals surface area (Å²) in [4.78, 5) is 5.02. The first-order valence-corrected chi connectivity index (χ1v) is 6.94. The Bertz CT molecular complexity index is 307. The van der Waals surface area contributed by atoms with Gasteiger partial charge in [-0.2, -0.15) is 0 Å². The average molecular weight is 234 g/mol. The van der Waals surface area contributed by atoms with Crippen LogP contribution in [0.5, 0.6) is 0 Å². The first-order chi connectivity index (χ1) is 8.15. The first kappa shape index (κ1) is 12.8. The normalized spacial score (nSPS) is 23.8. The molecule has 0 unspecified atom stereocenters. The van der Waals surface area contributed by atoms with Gasteiger partial charge in [0, 0.05) is 32.7 Å². The van der Waals surface area contributed by atoms with E-state index in [9.17, 15) is 0 Å². The van der Waals surface area contributed by atoms with Crippen LogP contribution in [0.3, 0.4) is 0 Å². The van der Waals surface area contributed by atoms with E-state index in [4.69, 9.17) is 0 Å². The number of hydrogen-bond donors (Lipinski definition) is 0. The number of piperazine rings is 1. The molecule has 1 aliphatic heterocycles. The Morgan fingerprint density at radius 2 is 1.76 bits per heavy atom. The van der Waals surface area contributed by atoms with E-state index in [1.54, 1.807) is 11.1 Å². The van der Waals surface area contributed by atoms with Crippen LogP contribution in [0.1, 0.15) is 26.7 Å². The molecule has 1 aliphatic carbocycles. The molecular formula is C15H26N2. The number of nitrogens with zero attached hydrogens (tertiary/aromatic N) is 2. The fourth-order valence-corrected chi connectivity index (χ4v) is 2.60. The maximum atomic E-state index is 2.60. The van der Waals surface area contributed by atoms with Crippen molar-refractivity contribution in [2.75, 3.05) is 39.8 Å². The van der Waals surface area contributed by atoms with E-state index in [1.165, 1.54) is 45.6 Å². The zero-order valence-electron chi connectivity index (χ0n) is 11.6. The highest BCUT2D eigenvalue weighted by Crippen LogP contribution is 2.24. The molecule has 0 amide bonds. The predicted octanol–water partition coefficient (Wildman–Crippen LogP) is 2.54. The Kier molecular flexibility index (Phi) is 4.41. The van der Waals surface area contributed by atoms with Crippen LogP contribution in [0.25, 0.3) is 0 Å². The third kappa shape index (κ3) is 3.68. The van der Waals surface area contributed by atoms with Gasteiger partial charge in [-0.3, -0.25) is 4.90 Å². The summed E-state index contributed by atoms with van der Waals surface area (Å²) in [5.74, 6) is 0.719. The fraction of sp³-hybridized carbons (Fsp3) is 0.733. The number of hydrogen-bond acceptors (Lipinski definition) is 2. The topological polar surface area (TPSA) is 6.48 Å². The van der Waals surface area contributed by atoms with Gasteiger partial charge in [0.1, 0.15) is 0 Å². The van der Waals surface area contributed by atoms with Gasteiger partial charge in [-0.15, -0.1) is 0 Å². The lowest BCUT2D eigenvalue weighted by molar-refractivity contribution is 0.163. The molecule has 0 bridgehead atoms. The average Bonchev–Trinajstić information content (AvgIpc) is 2.33. The maximum Gasteiger partial charge on any atom is 0.0197 e. The van der Waals surface area contributed by atoms with Crippen molar-refractivity contribution in [2.45, 2.75) is 26.7 Å². The van der Waals surface area contributed by atoms with E-state index in [-0.39, 0.29) is 0 Å². The van der Waals surface area contributed by atoms with Crippen molar-refractivity contribution in [3.05, 3.63) is 23.3 Å². The Morgan fingerprint density at radius 3 is 2.29 bits per heavy atom. The highest BCUT2D eigenvalue weighted by Gasteiger charge is 2.16. The number of allylic oxidation sites excluding steroid dienone is 3. The standard InChI is InChI=1S/C15H26N2/c1-13(2)15-6-4-14(5-7-15)12-17-10-8-16(3)9-11-17/h4,6,13H,5,7-12H2,1-3H3. The minimum absolute atomic E-state index is 0.719. The van der Waals surface area contributed by atoms with Gasteiger partial charge in [0.15, 0.2) is 0 Å². The molecule has 96 valence electrons. The van der Waals surface area contributed by atoms with Gasteiger partial charge in [-0.25, -0.2) is 0 Å². The summed E-state index contributed by atoms with van der Waals surface area (Å²) in [7, 11) is 2.22. The highest BCUT2D eigenvalue weighted by atomic mass is 15.2. The Labute approximate surface area is 106 Å². The molecule has 1 fully saturated rings. The summed E-state index contributed by atoms with van der Waals surface area (Å²) in [5, 5.41) is 0. The monoisotopic (exact) mass is 234 g/mol. The van der Waals surface area contributed by atoms with Gasteiger partial charge >= 0.3 is 0 Å². The zero-order valence-corrected chi connectivity index (χ0v) is 11.6. The van der Waals surface area contributed by atoms with Crippen LogP contribution in [0.2, 0.25) is 0 Å². The van der Waals surface area contributed by atoms with Crippen molar-refractivity contribution < 1.29 is 0 Å². The largest absolute Gasteiger partial charge is 0.304 e. The van der Waals surface area contributed by atoms with Gasteiger partial charge in [0.05, 0.1) is 0 Å². The van der Waals surface area contributed by atoms with Gasteiger partial charge < -0.3 is 4.90 Å². The third-order valence-corrected chi connectivity index (χ3v) is 4.03. The Hall–Kier alpha value is -0.600. The smallest absolute Gasteiger partial charge is 0.0197 e.